The molecule has 2 amide bonds. The highest BCUT2D eigenvalue weighted by Crippen LogP contribution is 2.33. The molecule has 1 aliphatic rings. The molecule has 1 aromatic heterocycles. The van der Waals surface area contributed by atoms with Crippen molar-refractivity contribution in [2.24, 2.45) is 11.7 Å². The van der Waals surface area contributed by atoms with E-state index in [0.29, 0.717) is 42.4 Å². The van der Waals surface area contributed by atoms with Crippen molar-refractivity contribution < 1.29 is 14.3 Å². The van der Waals surface area contributed by atoms with E-state index < -0.39 is 5.91 Å². The van der Waals surface area contributed by atoms with E-state index in [1.165, 1.54) is 0 Å². The lowest BCUT2D eigenvalue weighted by molar-refractivity contribution is -0.125. The van der Waals surface area contributed by atoms with Gasteiger partial charge in [-0.3, -0.25) is 9.59 Å². The quantitative estimate of drug-likeness (QED) is 0.518. The molecule has 8 nitrogen and oxygen atoms in total. The largest absolute Gasteiger partial charge is 0.457 e. The molecular weight excluding hydrogens is 430 g/mol. The Morgan fingerprint density at radius 2 is 1.76 bits per heavy atom. The Labute approximate surface area is 198 Å². The van der Waals surface area contributed by atoms with Crippen LogP contribution in [0.15, 0.2) is 66.7 Å². The zero-order valence-electron chi connectivity index (χ0n) is 19.3. The zero-order valence-corrected chi connectivity index (χ0v) is 19.3. The van der Waals surface area contributed by atoms with Gasteiger partial charge in [-0.05, 0) is 54.8 Å². The predicted molar refractivity (Wildman–Crippen MR) is 131 cm³/mol. The first-order valence-electron chi connectivity index (χ1n) is 11.3. The van der Waals surface area contributed by atoms with E-state index in [1.807, 2.05) is 62.4 Å². The Morgan fingerprint density at radius 1 is 1.09 bits per heavy atom. The number of rotatable bonds is 7. The maximum absolute atomic E-state index is 12.5. The second-order valence-electron chi connectivity index (χ2n) is 8.69. The van der Waals surface area contributed by atoms with Crippen molar-refractivity contribution in [3.63, 3.8) is 0 Å². The van der Waals surface area contributed by atoms with Crippen molar-refractivity contribution in [3.8, 4) is 22.8 Å². The normalized spacial score (nSPS) is 15.9. The van der Waals surface area contributed by atoms with Crippen LogP contribution in [0.3, 0.4) is 0 Å². The van der Waals surface area contributed by atoms with Crippen molar-refractivity contribution in [2.75, 3.05) is 18.8 Å². The fourth-order valence-electron chi connectivity index (χ4n) is 4.00. The molecule has 34 heavy (non-hydrogen) atoms. The Bertz CT molecular complexity index is 1200. The number of anilines is 1. The monoisotopic (exact) mass is 459 g/mol. The summed E-state index contributed by atoms with van der Waals surface area (Å²) in [4.78, 5) is 26.5. The van der Waals surface area contributed by atoms with E-state index in [9.17, 15) is 9.59 Å². The van der Waals surface area contributed by atoms with E-state index >= 15 is 0 Å². The summed E-state index contributed by atoms with van der Waals surface area (Å²) in [6.45, 7) is 5.11. The predicted octanol–water partition coefficient (Wildman–Crippen LogP) is 4.01. The highest BCUT2D eigenvalue weighted by atomic mass is 16.5. The van der Waals surface area contributed by atoms with Gasteiger partial charge in [0.05, 0.1) is 6.04 Å². The van der Waals surface area contributed by atoms with Crippen LogP contribution in [0.25, 0.3) is 11.3 Å². The van der Waals surface area contributed by atoms with Crippen molar-refractivity contribution in [2.45, 2.75) is 26.3 Å². The van der Waals surface area contributed by atoms with Gasteiger partial charge in [0, 0.05) is 18.7 Å². The minimum Gasteiger partial charge on any atom is -0.457 e. The minimum atomic E-state index is -0.644. The van der Waals surface area contributed by atoms with Gasteiger partial charge < -0.3 is 21.1 Å². The number of carbonyl (C=O) groups excluding carboxylic acids is 2. The standard InChI is InChI=1S/C26H29N5O3/c1-17(2)8-13-22(32)30-15-14-19(16-30)31-25(27)23(26(28)33)24(29-31)18-9-11-21(12-10-18)34-20-6-4-3-5-7-20/h3-13,17,19H,14-16,27H2,1-2H3,(H2,28,33)/t19-/m1/s1. The van der Waals surface area contributed by atoms with Crippen molar-refractivity contribution in [1.29, 1.82) is 0 Å². The third-order valence-electron chi connectivity index (χ3n) is 5.75. The molecular formula is C26H29N5O3. The Morgan fingerprint density at radius 3 is 2.41 bits per heavy atom. The molecule has 2 heterocycles. The van der Waals surface area contributed by atoms with Gasteiger partial charge in [0.1, 0.15) is 28.6 Å². The molecule has 0 spiro atoms. The number of amides is 2. The molecule has 1 atom stereocenters. The summed E-state index contributed by atoms with van der Waals surface area (Å²) in [6, 6.07) is 16.6. The van der Waals surface area contributed by atoms with Crippen LogP contribution in [-0.4, -0.2) is 39.6 Å². The molecule has 0 radical (unpaired) electrons. The molecule has 0 unspecified atom stereocenters. The number of primary amides is 1. The van der Waals surface area contributed by atoms with E-state index in [4.69, 9.17) is 16.2 Å². The summed E-state index contributed by atoms with van der Waals surface area (Å²) in [6.07, 6.45) is 4.18. The average molecular weight is 460 g/mol. The molecule has 3 aromatic rings. The van der Waals surface area contributed by atoms with Crippen molar-refractivity contribution in [1.82, 2.24) is 14.7 Å². The lowest BCUT2D eigenvalue weighted by Crippen LogP contribution is -2.28. The molecule has 176 valence electrons. The number of carbonyl (C=O) groups is 2. The number of nitrogens with zero attached hydrogens (tertiary/aromatic N) is 3. The number of aromatic nitrogens is 2. The number of nitrogens with two attached hydrogens (primary N) is 2. The molecule has 0 aliphatic carbocycles. The van der Waals surface area contributed by atoms with Crippen LogP contribution >= 0.6 is 0 Å². The molecule has 1 fully saturated rings. The first-order chi connectivity index (χ1) is 16.3. The van der Waals surface area contributed by atoms with Crippen LogP contribution in [0.1, 0.15) is 36.7 Å². The van der Waals surface area contributed by atoms with E-state index in [-0.39, 0.29) is 23.3 Å². The van der Waals surface area contributed by atoms with Gasteiger partial charge in [-0.2, -0.15) is 5.10 Å². The van der Waals surface area contributed by atoms with E-state index in [2.05, 4.69) is 5.10 Å². The van der Waals surface area contributed by atoms with Crippen molar-refractivity contribution in [3.05, 3.63) is 72.3 Å². The number of nitrogen functional groups attached to an aromatic ring is 1. The van der Waals surface area contributed by atoms with Gasteiger partial charge >= 0.3 is 0 Å². The second-order valence-corrected chi connectivity index (χ2v) is 8.69. The number of benzene rings is 2. The number of hydrogen-bond acceptors (Lipinski definition) is 5. The molecule has 4 rings (SSSR count). The zero-order chi connectivity index (χ0) is 24.2. The number of hydrogen-bond donors (Lipinski definition) is 2. The molecule has 1 saturated heterocycles. The summed E-state index contributed by atoms with van der Waals surface area (Å²) in [7, 11) is 0. The second kappa shape index (κ2) is 9.82. The number of ether oxygens (including phenoxy) is 1. The molecule has 1 aliphatic heterocycles. The van der Waals surface area contributed by atoms with Crippen LogP contribution in [0, 0.1) is 5.92 Å². The maximum Gasteiger partial charge on any atom is 0.254 e. The summed E-state index contributed by atoms with van der Waals surface area (Å²) in [5.41, 5.74) is 13.3. The van der Waals surface area contributed by atoms with Crippen LogP contribution < -0.4 is 16.2 Å². The minimum absolute atomic E-state index is 0.0359. The van der Waals surface area contributed by atoms with Crippen LogP contribution in [0.5, 0.6) is 11.5 Å². The fourth-order valence-corrected chi connectivity index (χ4v) is 4.00. The van der Waals surface area contributed by atoms with Gasteiger partial charge in [0.2, 0.25) is 5.91 Å². The smallest absolute Gasteiger partial charge is 0.254 e. The number of likely N-dealkylation sites (tertiary alicyclic amines) is 1. The SMILES string of the molecule is CC(C)C=CC(=O)N1CC[C@@H](n2nc(-c3ccc(Oc4ccccc4)cc3)c(C(N)=O)c2N)C1. The van der Waals surface area contributed by atoms with Gasteiger partial charge in [0.15, 0.2) is 0 Å². The molecule has 0 bridgehead atoms. The number of allylic oxidation sites excluding steroid dienone is 1. The average Bonchev–Trinajstić information content (AvgIpc) is 3.43. The first kappa shape index (κ1) is 23.1. The third-order valence-corrected chi connectivity index (χ3v) is 5.75. The Kier molecular flexibility index (Phi) is 6.67. The van der Waals surface area contributed by atoms with Crippen LogP contribution in [0.4, 0.5) is 5.82 Å². The molecule has 2 aromatic carbocycles. The van der Waals surface area contributed by atoms with Crippen LogP contribution in [-0.2, 0) is 4.79 Å². The molecule has 0 saturated carbocycles. The lowest BCUT2D eigenvalue weighted by Gasteiger charge is -2.15. The molecule has 4 N–H and O–H groups in total. The summed E-state index contributed by atoms with van der Waals surface area (Å²) < 4.78 is 7.47. The maximum atomic E-state index is 12.5. The summed E-state index contributed by atoms with van der Waals surface area (Å²) in [5, 5.41) is 4.66. The van der Waals surface area contributed by atoms with Gasteiger partial charge in [-0.15, -0.1) is 0 Å². The van der Waals surface area contributed by atoms with Gasteiger partial charge in [0.25, 0.3) is 5.91 Å². The van der Waals surface area contributed by atoms with E-state index in [0.717, 1.165) is 5.75 Å². The Balaban J connectivity index is 1.57. The number of para-hydroxylation sites is 1. The summed E-state index contributed by atoms with van der Waals surface area (Å²) >= 11 is 0. The van der Waals surface area contributed by atoms with Gasteiger partial charge in [-0.25, -0.2) is 4.68 Å². The third kappa shape index (κ3) is 4.96. The Hall–Kier alpha value is -4.07. The highest BCUT2D eigenvalue weighted by Gasteiger charge is 2.31. The van der Waals surface area contributed by atoms with Gasteiger partial charge in [-0.1, -0.05) is 38.1 Å². The first-order valence-corrected chi connectivity index (χ1v) is 11.3. The topological polar surface area (TPSA) is 116 Å². The highest BCUT2D eigenvalue weighted by molar-refractivity contribution is 6.03. The fraction of sp³-hybridized carbons (Fsp3) is 0.269. The molecule has 8 heteroatoms. The van der Waals surface area contributed by atoms with E-state index in [1.54, 1.807) is 27.8 Å². The lowest BCUT2D eigenvalue weighted by atomic mass is 10.1. The van der Waals surface area contributed by atoms with Crippen molar-refractivity contribution >= 4 is 17.6 Å². The summed E-state index contributed by atoms with van der Waals surface area (Å²) in [5.74, 6) is 1.21. The van der Waals surface area contributed by atoms with Crippen LogP contribution in [0.2, 0.25) is 0 Å².